The van der Waals surface area contributed by atoms with Gasteiger partial charge in [-0.25, -0.2) is 4.98 Å². The highest BCUT2D eigenvalue weighted by Crippen LogP contribution is 2.06. The van der Waals surface area contributed by atoms with Crippen LogP contribution >= 0.6 is 0 Å². The topological polar surface area (TPSA) is 72.9 Å². The highest BCUT2D eigenvalue weighted by Gasteiger charge is 2.07. The number of rotatable bonds is 6. The molecular formula is C15H20N4O. The molecule has 106 valence electrons. The number of nitrogens with two attached hydrogens (primary N) is 1. The fraction of sp³-hybridized carbons (Fsp3) is 0.333. The van der Waals surface area contributed by atoms with Crippen molar-refractivity contribution in [2.45, 2.75) is 13.5 Å². The van der Waals surface area contributed by atoms with Gasteiger partial charge in [-0.3, -0.25) is 4.79 Å². The Hall–Kier alpha value is -2.14. The average molecular weight is 272 g/mol. The van der Waals surface area contributed by atoms with Crippen molar-refractivity contribution < 1.29 is 4.79 Å². The van der Waals surface area contributed by atoms with E-state index in [1.165, 1.54) is 0 Å². The van der Waals surface area contributed by atoms with Gasteiger partial charge in [-0.15, -0.1) is 0 Å². The summed E-state index contributed by atoms with van der Waals surface area (Å²) in [5.74, 6) is 0.235. The monoisotopic (exact) mass is 272 g/mol. The minimum atomic E-state index is -0.0560. The molecule has 5 nitrogen and oxygen atoms in total. The van der Waals surface area contributed by atoms with Crippen LogP contribution in [0.5, 0.6) is 0 Å². The first kappa shape index (κ1) is 14.3. The lowest BCUT2D eigenvalue weighted by Gasteiger charge is -2.10. The summed E-state index contributed by atoms with van der Waals surface area (Å²) >= 11 is 0. The zero-order valence-electron chi connectivity index (χ0n) is 11.6. The molecule has 3 N–H and O–H groups in total. The maximum atomic E-state index is 11.9. The number of aromatic nitrogens is 2. The first-order valence-corrected chi connectivity index (χ1v) is 6.72. The number of nitrogens with zero attached hydrogens (tertiary/aromatic N) is 2. The Kier molecular flexibility index (Phi) is 4.90. The van der Waals surface area contributed by atoms with Crippen molar-refractivity contribution in [1.29, 1.82) is 0 Å². The third-order valence-corrected chi connectivity index (χ3v) is 3.15. The van der Waals surface area contributed by atoms with Gasteiger partial charge < -0.3 is 15.6 Å². The number of hydrogen-bond donors (Lipinski definition) is 2. The lowest BCUT2D eigenvalue weighted by molar-refractivity contribution is 0.0948. The molecule has 0 spiro atoms. The van der Waals surface area contributed by atoms with Crippen molar-refractivity contribution in [3.8, 4) is 0 Å². The van der Waals surface area contributed by atoms with Crippen molar-refractivity contribution in [3.63, 3.8) is 0 Å². The Labute approximate surface area is 118 Å². The van der Waals surface area contributed by atoms with Crippen LogP contribution in [-0.4, -0.2) is 28.5 Å². The molecule has 0 fully saturated rings. The van der Waals surface area contributed by atoms with Gasteiger partial charge in [-0.2, -0.15) is 0 Å². The fourth-order valence-electron chi connectivity index (χ4n) is 1.80. The zero-order valence-corrected chi connectivity index (χ0v) is 11.6. The SMILES string of the molecule is CC(CN)CNC(=O)c1ccc(Cn2ccnc2)cc1. The Morgan fingerprint density at radius 2 is 2.15 bits per heavy atom. The highest BCUT2D eigenvalue weighted by molar-refractivity contribution is 5.94. The summed E-state index contributed by atoms with van der Waals surface area (Å²) in [6.45, 7) is 3.94. The second-order valence-electron chi connectivity index (χ2n) is 4.98. The smallest absolute Gasteiger partial charge is 0.251 e. The molecule has 1 atom stereocenters. The molecule has 0 aliphatic carbocycles. The Bertz CT molecular complexity index is 534. The number of hydrogen-bond acceptors (Lipinski definition) is 3. The van der Waals surface area contributed by atoms with Gasteiger partial charge in [0.1, 0.15) is 0 Å². The fourth-order valence-corrected chi connectivity index (χ4v) is 1.80. The molecule has 2 aromatic rings. The second kappa shape index (κ2) is 6.86. The van der Waals surface area contributed by atoms with Gasteiger partial charge in [0.15, 0.2) is 0 Å². The second-order valence-corrected chi connectivity index (χ2v) is 4.98. The number of carbonyl (C=O) groups is 1. The molecule has 1 unspecified atom stereocenters. The summed E-state index contributed by atoms with van der Waals surface area (Å²) in [6, 6.07) is 7.60. The Morgan fingerprint density at radius 3 is 2.75 bits per heavy atom. The van der Waals surface area contributed by atoms with Crippen LogP contribution in [0, 0.1) is 5.92 Å². The summed E-state index contributed by atoms with van der Waals surface area (Å²) in [5.41, 5.74) is 7.33. The summed E-state index contributed by atoms with van der Waals surface area (Å²) < 4.78 is 1.98. The summed E-state index contributed by atoms with van der Waals surface area (Å²) in [4.78, 5) is 15.9. The lowest BCUT2D eigenvalue weighted by atomic mass is 10.1. The first-order valence-electron chi connectivity index (χ1n) is 6.72. The third-order valence-electron chi connectivity index (χ3n) is 3.15. The molecule has 0 radical (unpaired) electrons. The number of nitrogens with one attached hydrogen (secondary N) is 1. The quantitative estimate of drug-likeness (QED) is 0.831. The van der Waals surface area contributed by atoms with E-state index >= 15 is 0 Å². The predicted octanol–water partition coefficient (Wildman–Crippen LogP) is 1.26. The van der Waals surface area contributed by atoms with Crippen molar-refractivity contribution in [2.24, 2.45) is 11.7 Å². The van der Waals surface area contributed by atoms with Gasteiger partial charge in [0.2, 0.25) is 0 Å². The van der Waals surface area contributed by atoms with E-state index in [9.17, 15) is 4.79 Å². The minimum Gasteiger partial charge on any atom is -0.352 e. The highest BCUT2D eigenvalue weighted by atomic mass is 16.1. The van der Waals surface area contributed by atoms with Gasteiger partial charge in [0, 0.05) is 31.0 Å². The number of carbonyl (C=O) groups excluding carboxylic acids is 1. The summed E-state index contributed by atoms with van der Waals surface area (Å²) in [7, 11) is 0. The molecule has 1 aromatic heterocycles. The maximum absolute atomic E-state index is 11.9. The van der Waals surface area contributed by atoms with Crippen molar-refractivity contribution in [2.75, 3.05) is 13.1 Å². The molecule has 2 rings (SSSR count). The molecule has 5 heteroatoms. The molecule has 0 aliphatic rings. The molecule has 0 bridgehead atoms. The maximum Gasteiger partial charge on any atom is 0.251 e. The van der Waals surface area contributed by atoms with E-state index in [0.717, 1.165) is 12.1 Å². The minimum absolute atomic E-state index is 0.0560. The van der Waals surface area contributed by atoms with Crippen molar-refractivity contribution in [3.05, 3.63) is 54.1 Å². The molecule has 0 saturated carbocycles. The van der Waals surface area contributed by atoms with Crippen molar-refractivity contribution >= 4 is 5.91 Å². The standard InChI is InChI=1S/C15H20N4O/c1-12(8-16)9-18-15(20)14-4-2-13(3-5-14)10-19-7-6-17-11-19/h2-7,11-12H,8-10,16H2,1H3,(H,18,20). The van der Waals surface area contributed by atoms with Crippen LogP contribution in [0.3, 0.4) is 0 Å². The Balaban J connectivity index is 1.92. The van der Waals surface area contributed by atoms with Crippen LogP contribution in [0.15, 0.2) is 43.0 Å². The van der Waals surface area contributed by atoms with E-state index in [4.69, 9.17) is 5.73 Å². The molecule has 1 heterocycles. The van der Waals surface area contributed by atoms with Crippen LogP contribution in [0.2, 0.25) is 0 Å². The van der Waals surface area contributed by atoms with Crippen LogP contribution < -0.4 is 11.1 Å². The van der Waals surface area contributed by atoms with E-state index in [1.54, 1.807) is 12.5 Å². The van der Waals surface area contributed by atoms with Gasteiger partial charge >= 0.3 is 0 Å². The summed E-state index contributed by atoms with van der Waals surface area (Å²) in [5, 5.41) is 2.88. The molecular weight excluding hydrogens is 252 g/mol. The summed E-state index contributed by atoms with van der Waals surface area (Å²) in [6.07, 6.45) is 5.43. The van der Waals surface area contributed by atoms with Crippen LogP contribution in [0.1, 0.15) is 22.8 Å². The predicted molar refractivity (Wildman–Crippen MR) is 78.3 cm³/mol. The zero-order chi connectivity index (χ0) is 14.4. The van der Waals surface area contributed by atoms with Crippen LogP contribution in [0.4, 0.5) is 0 Å². The van der Waals surface area contributed by atoms with Crippen LogP contribution in [0.25, 0.3) is 0 Å². The van der Waals surface area contributed by atoms with Gasteiger partial charge in [-0.1, -0.05) is 19.1 Å². The van der Waals surface area contributed by atoms with Gasteiger partial charge in [-0.05, 0) is 30.2 Å². The molecule has 1 amide bonds. The van der Waals surface area contributed by atoms with E-state index in [-0.39, 0.29) is 5.91 Å². The van der Waals surface area contributed by atoms with Gasteiger partial charge in [0.05, 0.1) is 6.33 Å². The molecule has 0 aliphatic heterocycles. The lowest BCUT2D eigenvalue weighted by Crippen LogP contribution is -2.31. The number of amides is 1. The van der Waals surface area contributed by atoms with Crippen LogP contribution in [-0.2, 0) is 6.54 Å². The number of imidazole rings is 1. The van der Waals surface area contributed by atoms with Gasteiger partial charge in [0.25, 0.3) is 5.91 Å². The van der Waals surface area contributed by atoms with E-state index in [2.05, 4.69) is 10.3 Å². The van der Waals surface area contributed by atoms with E-state index < -0.39 is 0 Å². The largest absolute Gasteiger partial charge is 0.352 e. The first-order chi connectivity index (χ1) is 9.69. The van der Waals surface area contributed by atoms with E-state index in [1.807, 2.05) is 42.0 Å². The third kappa shape index (κ3) is 3.93. The normalized spacial score (nSPS) is 12.1. The van der Waals surface area contributed by atoms with E-state index in [0.29, 0.717) is 24.6 Å². The Morgan fingerprint density at radius 1 is 1.40 bits per heavy atom. The number of benzene rings is 1. The average Bonchev–Trinajstić information content (AvgIpc) is 2.98. The van der Waals surface area contributed by atoms with Crippen molar-refractivity contribution in [1.82, 2.24) is 14.9 Å². The molecule has 1 aromatic carbocycles. The molecule has 20 heavy (non-hydrogen) atoms. The molecule has 0 saturated heterocycles.